The minimum absolute atomic E-state index is 0.177. The molecule has 0 bridgehead atoms. The lowest BCUT2D eigenvalue weighted by atomic mass is 9.96. The number of ether oxygens (including phenoxy) is 1. The number of carboxylic acid groups (broad SMARTS) is 1. The number of benzene rings is 2. The Morgan fingerprint density at radius 2 is 1.48 bits per heavy atom. The third kappa shape index (κ3) is 10.0. The topological polar surface area (TPSA) is 83.8 Å². The van der Waals surface area contributed by atoms with Crippen LogP contribution in [0.4, 0.5) is 0 Å². The Morgan fingerprint density at radius 1 is 0.879 bits per heavy atom. The van der Waals surface area contributed by atoms with Crippen molar-refractivity contribution in [1.29, 1.82) is 0 Å². The molecule has 2 aromatic rings. The van der Waals surface area contributed by atoms with Crippen LogP contribution in [0.3, 0.4) is 0 Å². The van der Waals surface area contributed by atoms with E-state index in [2.05, 4.69) is 29.0 Å². The Labute approximate surface area is 201 Å². The van der Waals surface area contributed by atoms with Gasteiger partial charge in [-0.05, 0) is 42.4 Å². The Bertz CT molecular complexity index is 839. The van der Waals surface area contributed by atoms with Crippen LogP contribution < -0.4 is 0 Å². The number of carboxylic acids is 1. The van der Waals surface area contributed by atoms with Gasteiger partial charge in [-0.25, -0.2) is 4.79 Å². The SMILES string of the molecule is COC(=O)CCSC(c1ccccc1CCCCCCCCc1ccccc1)C(O)C(=O)O. The molecule has 2 aromatic carbocycles. The van der Waals surface area contributed by atoms with Crippen LogP contribution in [-0.4, -0.2) is 41.1 Å². The molecule has 0 spiro atoms. The summed E-state index contributed by atoms with van der Waals surface area (Å²) in [5.74, 6) is -1.21. The maximum atomic E-state index is 11.5. The highest BCUT2D eigenvalue weighted by atomic mass is 32.2. The third-order valence-electron chi connectivity index (χ3n) is 5.74. The van der Waals surface area contributed by atoms with E-state index in [0.717, 1.165) is 36.8 Å². The molecule has 0 radical (unpaired) electrons. The van der Waals surface area contributed by atoms with Gasteiger partial charge in [0.05, 0.1) is 18.8 Å². The zero-order valence-electron chi connectivity index (χ0n) is 19.4. The molecule has 0 aliphatic heterocycles. The first-order valence-electron chi connectivity index (χ1n) is 11.7. The fourth-order valence-electron chi connectivity index (χ4n) is 3.89. The van der Waals surface area contributed by atoms with Gasteiger partial charge in [-0.1, -0.05) is 80.3 Å². The van der Waals surface area contributed by atoms with E-state index >= 15 is 0 Å². The van der Waals surface area contributed by atoms with Gasteiger partial charge in [-0.2, -0.15) is 0 Å². The minimum Gasteiger partial charge on any atom is -0.479 e. The number of carbonyl (C=O) groups is 2. The van der Waals surface area contributed by atoms with Gasteiger partial charge >= 0.3 is 11.9 Å². The number of hydrogen-bond donors (Lipinski definition) is 2. The van der Waals surface area contributed by atoms with Gasteiger partial charge in [0.25, 0.3) is 0 Å². The number of esters is 1. The largest absolute Gasteiger partial charge is 0.479 e. The molecule has 2 rings (SSSR count). The molecule has 0 aromatic heterocycles. The molecule has 180 valence electrons. The maximum Gasteiger partial charge on any atom is 0.334 e. The van der Waals surface area contributed by atoms with Gasteiger partial charge in [0.1, 0.15) is 0 Å². The minimum atomic E-state index is -1.53. The van der Waals surface area contributed by atoms with Crippen molar-refractivity contribution in [1.82, 2.24) is 0 Å². The summed E-state index contributed by atoms with van der Waals surface area (Å²) in [4.78, 5) is 22.9. The van der Waals surface area contributed by atoms with E-state index in [1.165, 1.54) is 50.1 Å². The van der Waals surface area contributed by atoms with Crippen molar-refractivity contribution in [3.05, 3.63) is 71.3 Å². The van der Waals surface area contributed by atoms with Crippen LogP contribution in [0, 0.1) is 0 Å². The monoisotopic (exact) mass is 472 g/mol. The molecule has 2 atom stereocenters. The second-order valence-corrected chi connectivity index (χ2v) is 9.46. The Morgan fingerprint density at radius 3 is 2.15 bits per heavy atom. The summed E-state index contributed by atoms with van der Waals surface area (Å²) in [6, 6.07) is 18.3. The lowest BCUT2D eigenvalue weighted by molar-refractivity contribution is -0.146. The first-order chi connectivity index (χ1) is 16.0. The molecular weight excluding hydrogens is 436 g/mol. The van der Waals surface area contributed by atoms with Crippen molar-refractivity contribution in [3.8, 4) is 0 Å². The van der Waals surface area contributed by atoms with Crippen LogP contribution in [0.25, 0.3) is 0 Å². The molecule has 0 saturated heterocycles. The zero-order valence-corrected chi connectivity index (χ0v) is 20.3. The molecular formula is C27H36O5S. The molecule has 33 heavy (non-hydrogen) atoms. The van der Waals surface area contributed by atoms with E-state index in [1.54, 1.807) is 0 Å². The molecule has 5 nitrogen and oxygen atoms in total. The van der Waals surface area contributed by atoms with Gasteiger partial charge in [-0.15, -0.1) is 11.8 Å². The van der Waals surface area contributed by atoms with Gasteiger partial charge in [0.2, 0.25) is 0 Å². The summed E-state index contributed by atoms with van der Waals surface area (Å²) in [5.41, 5.74) is 3.30. The number of aryl methyl sites for hydroxylation is 2. The molecule has 2 N–H and O–H groups in total. The summed E-state index contributed by atoms with van der Waals surface area (Å²) in [6.45, 7) is 0. The van der Waals surface area contributed by atoms with Crippen molar-refractivity contribution in [2.45, 2.75) is 69.1 Å². The van der Waals surface area contributed by atoms with Crippen LogP contribution in [0.2, 0.25) is 0 Å². The number of hydrogen-bond acceptors (Lipinski definition) is 5. The summed E-state index contributed by atoms with van der Waals surface area (Å²) < 4.78 is 4.66. The van der Waals surface area contributed by atoms with Crippen LogP contribution in [0.15, 0.2) is 54.6 Å². The Kier molecular flexibility index (Phi) is 12.7. The predicted molar refractivity (Wildman–Crippen MR) is 133 cm³/mol. The Hall–Kier alpha value is -2.31. The number of aliphatic hydroxyl groups excluding tert-OH is 1. The number of aliphatic hydroxyl groups is 1. The number of unbranched alkanes of at least 4 members (excludes halogenated alkanes) is 5. The van der Waals surface area contributed by atoms with E-state index in [0.29, 0.717) is 5.75 Å². The molecule has 0 aliphatic rings. The van der Waals surface area contributed by atoms with E-state index < -0.39 is 17.3 Å². The highest BCUT2D eigenvalue weighted by molar-refractivity contribution is 7.99. The van der Waals surface area contributed by atoms with Crippen molar-refractivity contribution in [2.24, 2.45) is 0 Å². The smallest absolute Gasteiger partial charge is 0.334 e. The third-order valence-corrected chi connectivity index (χ3v) is 7.05. The van der Waals surface area contributed by atoms with Crippen molar-refractivity contribution >= 4 is 23.7 Å². The van der Waals surface area contributed by atoms with Crippen LogP contribution >= 0.6 is 11.8 Å². The molecule has 0 fully saturated rings. The number of rotatable bonds is 16. The summed E-state index contributed by atoms with van der Waals surface area (Å²) in [6.07, 6.45) is 7.63. The summed E-state index contributed by atoms with van der Waals surface area (Å²) in [5, 5.41) is 19.1. The number of thioether (sulfide) groups is 1. The fraction of sp³-hybridized carbons (Fsp3) is 0.481. The van der Waals surface area contributed by atoms with Crippen LogP contribution in [0.1, 0.15) is 66.9 Å². The van der Waals surface area contributed by atoms with Gasteiger partial charge in [0.15, 0.2) is 6.10 Å². The molecule has 0 amide bonds. The zero-order chi connectivity index (χ0) is 23.9. The number of aliphatic carboxylic acids is 1. The van der Waals surface area contributed by atoms with E-state index in [9.17, 15) is 19.8 Å². The standard InChI is InChI=1S/C27H36O5S/c1-32-24(28)19-20-33-26(25(29)27(30)31)23-18-12-11-17-22(23)16-10-5-3-2-4-7-13-21-14-8-6-9-15-21/h6,8-9,11-12,14-15,17-18,25-26,29H,2-5,7,10,13,16,19-20H2,1H3,(H,30,31). The normalized spacial score (nSPS) is 12.8. The van der Waals surface area contributed by atoms with Gasteiger partial charge < -0.3 is 14.9 Å². The number of methoxy groups -OCH3 is 1. The van der Waals surface area contributed by atoms with Gasteiger partial charge in [0, 0.05) is 5.75 Å². The second-order valence-electron chi connectivity index (χ2n) is 8.21. The van der Waals surface area contributed by atoms with Crippen LogP contribution in [-0.2, 0) is 27.2 Å². The van der Waals surface area contributed by atoms with Crippen LogP contribution in [0.5, 0.6) is 0 Å². The Balaban J connectivity index is 1.81. The molecule has 2 unspecified atom stereocenters. The number of carbonyl (C=O) groups excluding carboxylic acids is 1. The quantitative estimate of drug-likeness (QED) is 0.245. The molecule has 0 aliphatic carbocycles. The molecule has 0 saturated carbocycles. The molecule has 0 heterocycles. The fourth-order valence-corrected chi connectivity index (χ4v) is 5.13. The van der Waals surface area contributed by atoms with Gasteiger partial charge in [-0.3, -0.25) is 4.79 Å². The van der Waals surface area contributed by atoms with Crippen molar-refractivity contribution in [2.75, 3.05) is 12.9 Å². The highest BCUT2D eigenvalue weighted by Gasteiger charge is 2.29. The lowest BCUT2D eigenvalue weighted by Crippen LogP contribution is -2.27. The maximum absolute atomic E-state index is 11.5. The van der Waals surface area contributed by atoms with E-state index in [1.807, 2.05) is 30.3 Å². The van der Waals surface area contributed by atoms with Crippen molar-refractivity contribution < 1.29 is 24.5 Å². The second kappa shape index (κ2) is 15.5. The molecule has 6 heteroatoms. The summed E-state index contributed by atoms with van der Waals surface area (Å²) >= 11 is 1.29. The lowest BCUT2D eigenvalue weighted by Gasteiger charge is -2.23. The average molecular weight is 473 g/mol. The average Bonchev–Trinajstić information content (AvgIpc) is 2.84. The summed E-state index contributed by atoms with van der Waals surface area (Å²) in [7, 11) is 1.33. The predicted octanol–water partition coefficient (Wildman–Crippen LogP) is 5.60. The highest BCUT2D eigenvalue weighted by Crippen LogP contribution is 2.35. The van der Waals surface area contributed by atoms with E-state index in [-0.39, 0.29) is 12.4 Å². The van der Waals surface area contributed by atoms with E-state index in [4.69, 9.17) is 0 Å². The first-order valence-corrected chi connectivity index (χ1v) is 12.8. The van der Waals surface area contributed by atoms with Crippen molar-refractivity contribution in [3.63, 3.8) is 0 Å². The first kappa shape index (κ1) is 26.9.